The molecule has 2 rings (SSSR count). The number of halogens is 2. The first-order chi connectivity index (χ1) is 8.51. The van der Waals surface area contributed by atoms with Crippen molar-refractivity contribution >= 4 is 15.9 Å². The lowest BCUT2D eigenvalue weighted by Crippen LogP contribution is -2.45. The van der Waals surface area contributed by atoms with Gasteiger partial charge in [-0.15, -0.1) is 0 Å². The van der Waals surface area contributed by atoms with Crippen LogP contribution >= 0.6 is 15.9 Å². The molecule has 1 aliphatic heterocycles. The van der Waals surface area contributed by atoms with E-state index in [2.05, 4.69) is 15.9 Å². The SMILES string of the molecule is CC1(C(O)Cc2ccc(F)cc2Br)CCCCO1. The number of hydrogen-bond donors (Lipinski definition) is 1. The van der Waals surface area contributed by atoms with E-state index in [1.165, 1.54) is 12.1 Å². The fourth-order valence-electron chi connectivity index (χ4n) is 2.33. The van der Waals surface area contributed by atoms with Crippen LogP contribution in [0.15, 0.2) is 22.7 Å². The summed E-state index contributed by atoms with van der Waals surface area (Å²) in [6.45, 7) is 2.66. The molecule has 1 N–H and O–H groups in total. The zero-order chi connectivity index (χ0) is 13.2. The van der Waals surface area contributed by atoms with Crippen molar-refractivity contribution in [1.82, 2.24) is 0 Å². The molecule has 1 aliphatic rings. The largest absolute Gasteiger partial charge is 0.390 e. The Morgan fingerprint density at radius 3 is 2.89 bits per heavy atom. The lowest BCUT2D eigenvalue weighted by Gasteiger charge is -2.38. The Kier molecular flexibility index (Phi) is 4.41. The summed E-state index contributed by atoms with van der Waals surface area (Å²) in [4.78, 5) is 0. The maximum absolute atomic E-state index is 13.0. The summed E-state index contributed by atoms with van der Waals surface area (Å²) in [5, 5.41) is 10.3. The third-order valence-corrected chi connectivity index (χ3v) is 4.37. The molecule has 2 atom stereocenters. The molecule has 0 aromatic heterocycles. The molecule has 100 valence electrons. The summed E-state index contributed by atoms with van der Waals surface area (Å²) in [7, 11) is 0. The quantitative estimate of drug-likeness (QED) is 0.925. The molecular formula is C14H18BrFO2. The number of hydrogen-bond acceptors (Lipinski definition) is 2. The normalized spacial score (nSPS) is 26.0. The molecule has 4 heteroatoms. The van der Waals surface area contributed by atoms with Crippen LogP contribution in [0.1, 0.15) is 31.7 Å². The van der Waals surface area contributed by atoms with Gasteiger partial charge in [0, 0.05) is 17.5 Å². The molecule has 18 heavy (non-hydrogen) atoms. The van der Waals surface area contributed by atoms with Crippen molar-refractivity contribution in [3.63, 3.8) is 0 Å². The van der Waals surface area contributed by atoms with Gasteiger partial charge >= 0.3 is 0 Å². The molecular weight excluding hydrogens is 299 g/mol. The van der Waals surface area contributed by atoms with E-state index in [1.54, 1.807) is 6.07 Å². The van der Waals surface area contributed by atoms with Crippen molar-refractivity contribution < 1.29 is 14.2 Å². The van der Waals surface area contributed by atoms with Crippen LogP contribution in [0, 0.1) is 5.82 Å². The highest BCUT2D eigenvalue weighted by Gasteiger charge is 2.35. The van der Waals surface area contributed by atoms with E-state index in [0.717, 1.165) is 24.8 Å². The summed E-state index contributed by atoms with van der Waals surface area (Å²) in [5.74, 6) is -0.278. The van der Waals surface area contributed by atoms with Gasteiger partial charge in [-0.1, -0.05) is 22.0 Å². The highest BCUT2D eigenvalue weighted by Crippen LogP contribution is 2.31. The van der Waals surface area contributed by atoms with Crippen molar-refractivity contribution in [2.45, 2.75) is 44.3 Å². The second-order valence-electron chi connectivity index (χ2n) is 5.07. The first kappa shape index (κ1) is 14.0. The molecule has 1 aromatic rings. The van der Waals surface area contributed by atoms with Gasteiger partial charge < -0.3 is 9.84 Å². The smallest absolute Gasteiger partial charge is 0.124 e. The zero-order valence-electron chi connectivity index (χ0n) is 10.5. The highest BCUT2D eigenvalue weighted by atomic mass is 79.9. The van der Waals surface area contributed by atoms with Gasteiger partial charge in [-0.25, -0.2) is 4.39 Å². The molecule has 0 spiro atoms. The molecule has 0 saturated carbocycles. The number of aliphatic hydroxyl groups is 1. The lowest BCUT2D eigenvalue weighted by molar-refractivity contribution is -0.135. The van der Waals surface area contributed by atoms with E-state index in [0.29, 0.717) is 17.5 Å². The second kappa shape index (κ2) is 5.68. The molecule has 0 aliphatic carbocycles. The van der Waals surface area contributed by atoms with Gasteiger partial charge in [-0.05, 0) is 43.9 Å². The van der Waals surface area contributed by atoms with Gasteiger partial charge in [0.05, 0.1) is 11.7 Å². The maximum atomic E-state index is 13.0. The van der Waals surface area contributed by atoms with Gasteiger partial charge in [-0.3, -0.25) is 0 Å². The fraction of sp³-hybridized carbons (Fsp3) is 0.571. The topological polar surface area (TPSA) is 29.5 Å². The van der Waals surface area contributed by atoms with Crippen molar-refractivity contribution in [3.05, 3.63) is 34.1 Å². The second-order valence-corrected chi connectivity index (χ2v) is 5.93. The predicted molar refractivity (Wildman–Crippen MR) is 72.0 cm³/mol. The Labute approximate surface area is 115 Å². The summed E-state index contributed by atoms with van der Waals surface area (Å²) < 4.78 is 19.4. The molecule has 2 nitrogen and oxygen atoms in total. The molecule has 1 saturated heterocycles. The molecule has 1 aromatic carbocycles. The highest BCUT2D eigenvalue weighted by molar-refractivity contribution is 9.10. The van der Waals surface area contributed by atoms with E-state index in [9.17, 15) is 9.50 Å². The van der Waals surface area contributed by atoms with Crippen LogP contribution in [-0.2, 0) is 11.2 Å². The van der Waals surface area contributed by atoms with Crippen LogP contribution in [0.4, 0.5) is 4.39 Å². The monoisotopic (exact) mass is 316 g/mol. The van der Waals surface area contributed by atoms with Crippen molar-refractivity contribution in [3.8, 4) is 0 Å². The Hall–Kier alpha value is -0.450. The van der Waals surface area contributed by atoms with E-state index >= 15 is 0 Å². The minimum Gasteiger partial charge on any atom is -0.390 e. The predicted octanol–water partition coefficient (Wildman–Crippen LogP) is 3.45. The number of ether oxygens (including phenoxy) is 1. The van der Waals surface area contributed by atoms with Gasteiger partial charge in [0.2, 0.25) is 0 Å². The van der Waals surface area contributed by atoms with Crippen LogP contribution in [0.2, 0.25) is 0 Å². The van der Waals surface area contributed by atoms with Crippen molar-refractivity contribution in [2.24, 2.45) is 0 Å². The summed E-state index contributed by atoms with van der Waals surface area (Å²) in [5.41, 5.74) is 0.422. The molecule has 1 fully saturated rings. The summed E-state index contributed by atoms with van der Waals surface area (Å²) in [6, 6.07) is 4.54. The van der Waals surface area contributed by atoms with E-state index in [4.69, 9.17) is 4.74 Å². The van der Waals surface area contributed by atoms with Crippen LogP contribution in [0.3, 0.4) is 0 Å². The fourth-order valence-corrected chi connectivity index (χ4v) is 2.84. The minimum absolute atomic E-state index is 0.278. The first-order valence-electron chi connectivity index (χ1n) is 6.27. The number of rotatable bonds is 3. The number of aliphatic hydroxyl groups excluding tert-OH is 1. The lowest BCUT2D eigenvalue weighted by atomic mass is 9.87. The zero-order valence-corrected chi connectivity index (χ0v) is 12.0. The van der Waals surface area contributed by atoms with Gasteiger partial charge in [-0.2, -0.15) is 0 Å². The average molecular weight is 317 g/mol. The molecule has 0 bridgehead atoms. The third-order valence-electron chi connectivity index (χ3n) is 3.63. The van der Waals surface area contributed by atoms with Gasteiger partial charge in [0.25, 0.3) is 0 Å². The van der Waals surface area contributed by atoms with Crippen LogP contribution < -0.4 is 0 Å². The van der Waals surface area contributed by atoms with Gasteiger partial charge in [0.1, 0.15) is 5.82 Å². The minimum atomic E-state index is -0.570. The first-order valence-corrected chi connectivity index (χ1v) is 7.06. The summed E-state index contributed by atoms with van der Waals surface area (Å²) in [6.07, 6.45) is 2.91. The maximum Gasteiger partial charge on any atom is 0.124 e. The van der Waals surface area contributed by atoms with Crippen molar-refractivity contribution in [1.29, 1.82) is 0 Å². The average Bonchev–Trinajstić information content (AvgIpc) is 2.33. The van der Waals surface area contributed by atoms with E-state index < -0.39 is 11.7 Å². The summed E-state index contributed by atoms with van der Waals surface area (Å²) >= 11 is 3.33. The Balaban J connectivity index is 2.08. The third kappa shape index (κ3) is 3.11. The molecule has 0 radical (unpaired) electrons. The Morgan fingerprint density at radius 2 is 2.28 bits per heavy atom. The Morgan fingerprint density at radius 1 is 1.50 bits per heavy atom. The van der Waals surface area contributed by atoms with E-state index in [-0.39, 0.29) is 5.82 Å². The molecule has 0 amide bonds. The standard InChI is InChI=1S/C14H18BrFO2/c1-14(6-2-3-7-18-14)13(17)8-10-4-5-11(16)9-12(10)15/h4-5,9,13,17H,2-3,6-8H2,1H3. The molecule has 1 heterocycles. The van der Waals surface area contributed by atoms with Gasteiger partial charge in [0.15, 0.2) is 0 Å². The van der Waals surface area contributed by atoms with Crippen molar-refractivity contribution in [2.75, 3.05) is 6.61 Å². The van der Waals surface area contributed by atoms with Crippen LogP contribution in [0.5, 0.6) is 0 Å². The Bertz CT molecular complexity index is 416. The van der Waals surface area contributed by atoms with Crippen LogP contribution in [-0.4, -0.2) is 23.4 Å². The number of benzene rings is 1. The van der Waals surface area contributed by atoms with E-state index in [1.807, 2.05) is 6.92 Å². The van der Waals surface area contributed by atoms with Crippen LogP contribution in [0.25, 0.3) is 0 Å². The molecule has 2 unspecified atom stereocenters.